The Hall–Kier alpha value is -2.60. The van der Waals surface area contributed by atoms with Gasteiger partial charge in [-0.05, 0) is 57.2 Å². The van der Waals surface area contributed by atoms with E-state index in [0.717, 1.165) is 16.9 Å². The Labute approximate surface area is 156 Å². The number of nitrogens with zero attached hydrogens (tertiary/aromatic N) is 2. The molecule has 1 heterocycles. The van der Waals surface area contributed by atoms with E-state index in [0.29, 0.717) is 23.3 Å². The number of ketones is 1. The maximum Gasteiger partial charge on any atom is 0.277 e. The molecule has 3 rings (SSSR count). The van der Waals surface area contributed by atoms with E-state index in [-0.39, 0.29) is 11.0 Å². The Bertz CT molecular complexity index is 873. The number of aryl methyl sites for hydroxylation is 1. The minimum Gasteiger partial charge on any atom is -0.494 e. The van der Waals surface area contributed by atoms with Crippen molar-refractivity contribution in [2.75, 3.05) is 6.61 Å². The van der Waals surface area contributed by atoms with Gasteiger partial charge in [0.15, 0.2) is 5.78 Å². The summed E-state index contributed by atoms with van der Waals surface area (Å²) in [6.45, 7) is 6.37. The Balaban J connectivity index is 1.66. The van der Waals surface area contributed by atoms with Crippen molar-refractivity contribution in [2.45, 2.75) is 31.2 Å². The van der Waals surface area contributed by atoms with E-state index in [1.165, 1.54) is 11.8 Å². The van der Waals surface area contributed by atoms with E-state index in [2.05, 4.69) is 10.2 Å². The van der Waals surface area contributed by atoms with E-state index < -0.39 is 0 Å². The fourth-order valence-electron chi connectivity index (χ4n) is 2.39. The van der Waals surface area contributed by atoms with Gasteiger partial charge in [-0.15, -0.1) is 10.2 Å². The average Bonchev–Trinajstić information content (AvgIpc) is 3.11. The second-order valence-electron chi connectivity index (χ2n) is 5.82. The number of aromatic nitrogens is 2. The van der Waals surface area contributed by atoms with Crippen LogP contribution in [0.5, 0.6) is 5.75 Å². The van der Waals surface area contributed by atoms with Crippen LogP contribution in [0.3, 0.4) is 0 Å². The number of ether oxygens (including phenoxy) is 1. The van der Waals surface area contributed by atoms with Crippen molar-refractivity contribution in [1.29, 1.82) is 0 Å². The number of thioether (sulfide) groups is 1. The number of hydrogen-bond donors (Lipinski definition) is 0. The molecule has 1 atom stereocenters. The number of benzene rings is 2. The molecule has 0 saturated carbocycles. The first kappa shape index (κ1) is 18.2. The molecular weight excluding hydrogens is 348 g/mol. The van der Waals surface area contributed by atoms with Crippen LogP contribution in [-0.4, -0.2) is 27.8 Å². The van der Waals surface area contributed by atoms with E-state index in [9.17, 15) is 4.79 Å². The Morgan fingerprint density at radius 3 is 2.46 bits per heavy atom. The molecule has 5 nitrogen and oxygen atoms in total. The SMILES string of the molecule is CCOc1ccc(C(=O)[C@H](C)Sc2nnc(-c3ccc(C)cc3)o2)cc1. The van der Waals surface area contributed by atoms with Crippen molar-refractivity contribution in [1.82, 2.24) is 10.2 Å². The van der Waals surface area contributed by atoms with Crippen LogP contribution in [0.2, 0.25) is 0 Å². The average molecular weight is 368 g/mol. The first-order valence-electron chi connectivity index (χ1n) is 8.41. The highest BCUT2D eigenvalue weighted by Gasteiger charge is 2.20. The third-order valence-electron chi connectivity index (χ3n) is 3.80. The summed E-state index contributed by atoms with van der Waals surface area (Å²) in [7, 11) is 0. The molecule has 0 aliphatic heterocycles. The maximum atomic E-state index is 12.6. The Morgan fingerprint density at radius 1 is 1.12 bits per heavy atom. The van der Waals surface area contributed by atoms with Gasteiger partial charge in [0.05, 0.1) is 11.9 Å². The molecule has 0 fully saturated rings. The summed E-state index contributed by atoms with van der Waals surface area (Å²) in [5.74, 6) is 1.21. The van der Waals surface area contributed by atoms with Gasteiger partial charge in [-0.1, -0.05) is 29.5 Å². The van der Waals surface area contributed by atoms with Gasteiger partial charge in [-0.3, -0.25) is 4.79 Å². The molecule has 0 bridgehead atoms. The molecule has 0 unspecified atom stereocenters. The number of hydrogen-bond acceptors (Lipinski definition) is 6. The van der Waals surface area contributed by atoms with Crippen LogP contribution in [0.15, 0.2) is 58.2 Å². The van der Waals surface area contributed by atoms with Crippen molar-refractivity contribution < 1.29 is 13.9 Å². The largest absolute Gasteiger partial charge is 0.494 e. The van der Waals surface area contributed by atoms with Crippen LogP contribution in [0.1, 0.15) is 29.8 Å². The molecule has 1 aromatic heterocycles. The topological polar surface area (TPSA) is 65.2 Å². The fourth-order valence-corrected chi connectivity index (χ4v) is 3.15. The van der Waals surface area contributed by atoms with Gasteiger partial charge >= 0.3 is 0 Å². The molecule has 0 spiro atoms. The molecule has 0 N–H and O–H groups in total. The second kappa shape index (κ2) is 8.19. The van der Waals surface area contributed by atoms with E-state index in [1.807, 2.05) is 45.0 Å². The molecule has 26 heavy (non-hydrogen) atoms. The van der Waals surface area contributed by atoms with Gasteiger partial charge in [0, 0.05) is 11.1 Å². The van der Waals surface area contributed by atoms with Gasteiger partial charge in [0.25, 0.3) is 5.22 Å². The molecular formula is C20H20N2O3S. The smallest absolute Gasteiger partial charge is 0.277 e. The van der Waals surface area contributed by atoms with Gasteiger partial charge in [-0.25, -0.2) is 0 Å². The summed E-state index contributed by atoms with van der Waals surface area (Å²) in [5, 5.41) is 8.16. The fraction of sp³-hybridized carbons (Fsp3) is 0.250. The summed E-state index contributed by atoms with van der Waals surface area (Å²) >= 11 is 1.26. The lowest BCUT2D eigenvalue weighted by Crippen LogP contribution is -2.13. The van der Waals surface area contributed by atoms with Gasteiger partial charge in [0.1, 0.15) is 5.75 Å². The molecule has 0 amide bonds. The van der Waals surface area contributed by atoms with Crippen LogP contribution in [0, 0.1) is 6.92 Å². The van der Waals surface area contributed by atoms with Crippen LogP contribution >= 0.6 is 11.8 Å². The lowest BCUT2D eigenvalue weighted by molar-refractivity contribution is 0.0993. The number of rotatable bonds is 7. The van der Waals surface area contributed by atoms with Crippen molar-refractivity contribution in [3.05, 3.63) is 59.7 Å². The maximum absolute atomic E-state index is 12.6. The standard InChI is InChI=1S/C20H20N2O3S/c1-4-24-17-11-9-15(10-12-17)18(23)14(3)26-20-22-21-19(25-20)16-7-5-13(2)6-8-16/h5-12,14H,4H2,1-3H3/t14-/m0/s1. The number of Topliss-reactive ketones (excluding diaryl/α,β-unsaturated/α-hetero) is 1. The predicted molar refractivity (Wildman–Crippen MR) is 102 cm³/mol. The Kier molecular flexibility index (Phi) is 5.73. The van der Waals surface area contributed by atoms with Gasteiger partial charge in [0.2, 0.25) is 5.89 Å². The van der Waals surface area contributed by atoms with Gasteiger partial charge < -0.3 is 9.15 Å². The van der Waals surface area contributed by atoms with Crippen LogP contribution in [-0.2, 0) is 0 Å². The number of carbonyl (C=O) groups excluding carboxylic acids is 1. The van der Waals surface area contributed by atoms with E-state index in [4.69, 9.17) is 9.15 Å². The quantitative estimate of drug-likeness (QED) is 0.440. The van der Waals surface area contributed by atoms with Crippen molar-refractivity contribution in [3.8, 4) is 17.2 Å². The predicted octanol–water partition coefficient (Wildman–Crippen LogP) is 4.81. The van der Waals surface area contributed by atoms with Crippen molar-refractivity contribution >= 4 is 17.5 Å². The summed E-state index contributed by atoms with van der Waals surface area (Å²) in [5.41, 5.74) is 2.66. The summed E-state index contributed by atoms with van der Waals surface area (Å²) in [6.07, 6.45) is 0. The normalized spacial score (nSPS) is 12.0. The third kappa shape index (κ3) is 4.32. The van der Waals surface area contributed by atoms with Crippen LogP contribution < -0.4 is 4.74 Å². The zero-order valence-electron chi connectivity index (χ0n) is 14.9. The molecule has 3 aromatic rings. The van der Waals surface area contributed by atoms with Crippen molar-refractivity contribution in [3.63, 3.8) is 0 Å². The molecule has 6 heteroatoms. The lowest BCUT2D eigenvalue weighted by Gasteiger charge is -2.08. The monoisotopic (exact) mass is 368 g/mol. The Morgan fingerprint density at radius 2 is 1.81 bits per heavy atom. The molecule has 2 aromatic carbocycles. The number of carbonyl (C=O) groups is 1. The zero-order chi connectivity index (χ0) is 18.5. The highest BCUT2D eigenvalue weighted by Crippen LogP contribution is 2.28. The first-order chi connectivity index (χ1) is 12.6. The van der Waals surface area contributed by atoms with Crippen LogP contribution in [0.25, 0.3) is 11.5 Å². The second-order valence-corrected chi connectivity index (χ2v) is 7.11. The van der Waals surface area contributed by atoms with Crippen molar-refractivity contribution in [2.24, 2.45) is 0 Å². The molecule has 0 saturated heterocycles. The highest BCUT2D eigenvalue weighted by atomic mass is 32.2. The lowest BCUT2D eigenvalue weighted by atomic mass is 10.1. The first-order valence-corrected chi connectivity index (χ1v) is 9.29. The third-order valence-corrected chi connectivity index (χ3v) is 4.74. The highest BCUT2D eigenvalue weighted by molar-refractivity contribution is 8.00. The van der Waals surface area contributed by atoms with Crippen LogP contribution in [0.4, 0.5) is 0 Å². The summed E-state index contributed by atoms with van der Waals surface area (Å²) in [4.78, 5) is 12.6. The zero-order valence-corrected chi connectivity index (χ0v) is 15.7. The molecule has 0 radical (unpaired) electrons. The minimum atomic E-state index is -0.334. The molecule has 0 aliphatic rings. The summed E-state index contributed by atoms with van der Waals surface area (Å²) < 4.78 is 11.1. The molecule has 0 aliphatic carbocycles. The summed E-state index contributed by atoms with van der Waals surface area (Å²) in [6, 6.07) is 15.0. The molecule has 134 valence electrons. The van der Waals surface area contributed by atoms with Gasteiger partial charge in [-0.2, -0.15) is 0 Å². The minimum absolute atomic E-state index is 0.00753. The van der Waals surface area contributed by atoms with E-state index >= 15 is 0 Å². The van der Waals surface area contributed by atoms with E-state index in [1.54, 1.807) is 24.3 Å².